The number of nitrogens with two attached hydrogens (primary N) is 1. The molecule has 1 aromatic carbocycles. The molecule has 0 aliphatic carbocycles. The van der Waals surface area contributed by atoms with Crippen LogP contribution < -0.4 is 10.6 Å². The van der Waals surface area contributed by atoms with Gasteiger partial charge in [0.1, 0.15) is 0 Å². The van der Waals surface area contributed by atoms with Gasteiger partial charge in [0.05, 0.1) is 0 Å². The average molecular weight is 233 g/mol. The van der Waals surface area contributed by atoms with Crippen molar-refractivity contribution in [3.63, 3.8) is 0 Å². The van der Waals surface area contributed by atoms with E-state index < -0.39 is 0 Å². The molecule has 0 saturated carbocycles. The van der Waals surface area contributed by atoms with Crippen LogP contribution in [0.25, 0.3) is 0 Å². The number of hydrogen-bond donors (Lipinski definition) is 1. The van der Waals surface area contributed by atoms with Crippen LogP contribution in [0.3, 0.4) is 0 Å². The minimum absolute atomic E-state index is 0.161. The third kappa shape index (κ3) is 2.70. The Morgan fingerprint density at radius 1 is 1.18 bits per heavy atom. The van der Waals surface area contributed by atoms with Crippen molar-refractivity contribution >= 4 is 17.3 Å². The van der Waals surface area contributed by atoms with E-state index >= 15 is 0 Å². The van der Waals surface area contributed by atoms with Crippen LogP contribution in [0.5, 0.6) is 0 Å². The SMILES string of the molecule is CC(=O)N1CCN(c2cc(C)cc(N)c2)CC1. The first-order valence-electron chi connectivity index (χ1n) is 5.94. The molecule has 0 aromatic heterocycles. The summed E-state index contributed by atoms with van der Waals surface area (Å²) < 4.78 is 0. The number of amides is 1. The number of rotatable bonds is 1. The van der Waals surface area contributed by atoms with Crippen molar-refractivity contribution in [3.8, 4) is 0 Å². The average Bonchev–Trinajstić information content (AvgIpc) is 2.28. The zero-order valence-electron chi connectivity index (χ0n) is 10.4. The van der Waals surface area contributed by atoms with Crippen molar-refractivity contribution in [2.75, 3.05) is 36.8 Å². The Morgan fingerprint density at radius 2 is 1.82 bits per heavy atom. The lowest BCUT2D eigenvalue weighted by Crippen LogP contribution is -2.48. The summed E-state index contributed by atoms with van der Waals surface area (Å²) in [5, 5.41) is 0. The summed E-state index contributed by atoms with van der Waals surface area (Å²) in [5.74, 6) is 0.161. The molecular weight excluding hydrogens is 214 g/mol. The van der Waals surface area contributed by atoms with Crippen LogP contribution in [-0.4, -0.2) is 37.0 Å². The first-order valence-corrected chi connectivity index (χ1v) is 5.94. The highest BCUT2D eigenvalue weighted by molar-refractivity contribution is 5.73. The maximum atomic E-state index is 11.2. The second-order valence-corrected chi connectivity index (χ2v) is 4.60. The van der Waals surface area contributed by atoms with E-state index in [4.69, 9.17) is 5.73 Å². The fourth-order valence-electron chi connectivity index (χ4n) is 2.25. The quantitative estimate of drug-likeness (QED) is 0.743. The zero-order valence-corrected chi connectivity index (χ0v) is 10.4. The van der Waals surface area contributed by atoms with Gasteiger partial charge in [0.25, 0.3) is 0 Å². The number of carbonyl (C=O) groups excluding carboxylic acids is 1. The van der Waals surface area contributed by atoms with Crippen molar-refractivity contribution < 1.29 is 4.79 Å². The van der Waals surface area contributed by atoms with Crippen molar-refractivity contribution in [2.24, 2.45) is 0 Å². The molecule has 4 heteroatoms. The highest BCUT2D eigenvalue weighted by atomic mass is 16.2. The molecular formula is C13H19N3O. The molecule has 17 heavy (non-hydrogen) atoms. The number of anilines is 2. The van der Waals surface area contributed by atoms with Gasteiger partial charge in [0.15, 0.2) is 0 Å². The fourth-order valence-corrected chi connectivity index (χ4v) is 2.25. The minimum Gasteiger partial charge on any atom is -0.399 e. The lowest BCUT2D eigenvalue weighted by Gasteiger charge is -2.35. The predicted molar refractivity (Wildman–Crippen MR) is 70.1 cm³/mol. The molecule has 0 atom stereocenters. The lowest BCUT2D eigenvalue weighted by molar-refractivity contribution is -0.129. The van der Waals surface area contributed by atoms with Crippen LogP contribution >= 0.6 is 0 Å². The second-order valence-electron chi connectivity index (χ2n) is 4.60. The van der Waals surface area contributed by atoms with Crippen LogP contribution in [0.1, 0.15) is 12.5 Å². The van der Waals surface area contributed by atoms with Gasteiger partial charge in [-0.1, -0.05) is 0 Å². The second kappa shape index (κ2) is 4.65. The Kier molecular flexibility index (Phi) is 3.22. The van der Waals surface area contributed by atoms with Gasteiger partial charge in [-0.15, -0.1) is 0 Å². The predicted octanol–water partition coefficient (Wildman–Crippen LogP) is 1.25. The molecule has 1 aliphatic rings. The molecule has 1 aliphatic heterocycles. The first kappa shape index (κ1) is 11.8. The van der Waals surface area contributed by atoms with E-state index in [1.807, 2.05) is 24.0 Å². The van der Waals surface area contributed by atoms with Crippen molar-refractivity contribution in [3.05, 3.63) is 23.8 Å². The molecule has 1 fully saturated rings. The summed E-state index contributed by atoms with van der Waals surface area (Å²) in [4.78, 5) is 15.4. The number of piperazine rings is 1. The molecule has 4 nitrogen and oxygen atoms in total. The molecule has 0 spiro atoms. The Bertz CT molecular complexity index is 402. The molecule has 0 bridgehead atoms. The van der Waals surface area contributed by atoms with Gasteiger partial charge in [-0.2, -0.15) is 0 Å². The summed E-state index contributed by atoms with van der Waals surface area (Å²) in [7, 11) is 0. The number of nitrogens with zero attached hydrogens (tertiary/aromatic N) is 2. The van der Waals surface area contributed by atoms with Gasteiger partial charge in [0.2, 0.25) is 5.91 Å². The lowest BCUT2D eigenvalue weighted by atomic mass is 10.1. The third-order valence-electron chi connectivity index (χ3n) is 3.17. The maximum Gasteiger partial charge on any atom is 0.219 e. The Balaban J connectivity index is 2.07. The van der Waals surface area contributed by atoms with Crippen LogP contribution in [-0.2, 0) is 4.79 Å². The fraction of sp³-hybridized carbons (Fsp3) is 0.462. The maximum absolute atomic E-state index is 11.2. The minimum atomic E-state index is 0.161. The van der Waals surface area contributed by atoms with Crippen molar-refractivity contribution in [1.82, 2.24) is 4.90 Å². The highest BCUT2D eigenvalue weighted by Gasteiger charge is 2.18. The summed E-state index contributed by atoms with van der Waals surface area (Å²) in [5.41, 5.74) is 8.98. The van der Waals surface area contributed by atoms with Gasteiger partial charge in [-0.3, -0.25) is 4.79 Å². The molecule has 1 amide bonds. The smallest absolute Gasteiger partial charge is 0.219 e. The summed E-state index contributed by atoms with van der Waals surface area (Å²) in [6, 6.07) is 6.10. The summed E-state index contributed by atoms with van der Waals surface area (Å²) >= 11 is 0. The van der Waals surface area contributed by atoms with E-state index in [-0.39, 0.29) is 5.91 Å². The van der Waals surface area contributed by atoms with Gasteiger partial charge in [0, 0.05) is 44.5 Å². The topological polar surface area (TPSA) is 49.6 Å². The first-order chi connectivity index (χ1) is 8.06. The van der Waals surface area contributed by atoms with Gasteiger partial charge in [-0.25, -0.2) is 0 Å². The Morgan fingerprint density at radius 3 is 2.35 bits per heavy atom. The van der Waals surface area contributed by atoms with Crippen LogP contribution in [0, 0.1) is 6.92 Å². The van der Waals surface area contributed by atoms with E-state index in [1.165, 1.54) is 5.56 Å². The zero-order chi connectivity index (χ0) is 12.4. The standard InChI is InChI=1S/C13H19N3O/c1-10-7-12(14)9-13(8-10)16-5-3-15(4-6-16)11(2)17/h7-9H,3-6,14H2,1-2H3. The number of carbonyl (C=O) groups is 1. The number of benzene rings is 1. The van der Waals surface area contributed by atoms with E-state index in [0.29, 0.717) is 0 Å². The van der Waals surface area contributed by atoms with Crippen molar-refractivity contribution in [1.29, 1.82) is 0 Å². The molecule has 2 N–H and O–H groups in total. The Labute approximate surface area is 102 Å². The summed E-state index contributed by atoms with van der Waals surface area (Å²) in [6.45, 7) is 7.02. The van der Waals surface area contributed by atoms with E-state index in [0.717, 1.165) is 37.6 Å². The molecule has 1 aromatic rings. The van der Waals surface area contributed by atoms with Gasteiger partial charge in [-0.05, 0) is 30.7 Å². The largest absolute Gasteiger partial charge is 0.399 e. The number of nitrogen functional groups attached to an aromatic ring is 1. The Hall–Kier alpha value is -1.71. The molecule has 0 radical (unpaired) electrons. The van der Waals surface area contributed by atoms with Crippen LogP contribution in [0.15, 0.2) is 18.2 Å². The van der Waals surface area contributed by atoms with E-state index in [1.54, 1.807) is 6.92 Å². The van der Waals surface area contributed by atoms with E-state index in [2.05, 4.69) is 11.0 Å². The normalized spacial score (nSPS) is 16.1. The monoisotopic (exact) mass is 233 g/mol. The van der Waals surface area contributed by atoms with Crippen molar-refractivity contribution in [2.45, 2.75) is 13.8 Å². The third-order valence-corrected chi connectivity index (χ3v) is 3.17. The highest BCUT2D eigenvalue weighted by Crippen LogP contribution is 2.21. The number of hydrogen-bond acceptors (Lipinski definition) is 3. The summed E-state index contributed by atoms with van der Waals surface area (Å²) in [6.07, 6.45) is 0. The number of aryl methyl sites for hydroxylation is 1. The van der Waals surface area contributed by atoms with Gasteiger partial charge >= 0.3 is 0 Å². The van der Waals surface area contributed by atoms with Crippen LogP contribution in [0.2, 0.25) is 0 Å². The van der Waals surface area contributed by atoms with Crippen LogP contribution in [0.4, 0.5) is 11.4 Å². The molecule has 0 unspecified atom stereocenters. The molecule has 1 heterocycles. The molecule has 1 saturated heterocycles. The van der Waals surface area contributed by atoms with E-state index in [9.17, 15) is 4.79 Å². The van der Waals surface area contributed by atoms with Gasteiger partial charge < -0.3 is 15.5 Å². The molecule has 92 valence electrons. The molecule has 2 rings (SSSR count).